The van der Waals surface area contributed by atoms with Crippen LogP contribution in [0, 0.1) is 5.92 Å². The van der Waals surface area contributed by atoms with E-state index in [2.05, 4.69) is 0 Å². The van der Waals surface area contributed by atoms with Crippen molar-refractivity contribution in [3.05, 3.63) is 34.9 Å². The molecular formula is C14H21ClN2O. The highest BCUT2D eigenvalue weighted by Crippen LogP contribution is 2.10. The summed E-state index contributed by atoms with van der Waals surface area (Å²) in [6.07, 6.45) is 1.37. The Labute approximate surface area is 114 Å². The molecule has 1 aromatic rings. The average Bonchev–Trinajstić information content (AvgIpc) is 2.37. The van der Waals surface area contributed by atoms with Crippen LogP contribution in [0.3, 0.4) is 0 Å². The molecule has 1 amide bonds. The van der Waals surface area contributed by atoms with Crippen molar-refractivity contribution in [3.63, 3.8) is 0 Å². The number of hydrogen-bond acceptors (Lipinski definition) is 2. The summed E-state index contributed by atoms with van der Waals surface area (Å²) in [7, 11) is 1.83. The lowest BCUT2D eigenvalue weighted by molar-refractivity contribution is -0.130. The summed E-state index contributed by atoms with van der Waals surface area (Å²) >= 11 is 5.82. The molecule has 4 heteroatoms. The molecule has 0 radical (unpaired) electrons. The maximum absolute atomic E-state index is 11.8. The second-order valence-corrected chi connectivity index (χ2v) is 5.17. The standard InChI is InChI=1S/C14H21ClN2O/c1-11(10-16)9-14(18)17(2)8-7-12-3-5-13(15)6-4-12/h3-6,11H,7-10,16H2,1-2H3. The van der Waals surface area contributed by atoms with Crippen LogP contribution in [0.5, 0.6) is 0 Å². The van der Waals surface area contributed by atoms with Crippen LogP contribution in [0.2, 0.25) is 5.02 Å². The molecule has 100 valence electrons. The first kappa shape index (κ1) is 15.0. The number of amides is 1. The van der Waals surface area contributed by atoms with Crippen LogP contribution in [0.1, 0.15) is 18.9 Å². The molecule has 0 aliphatic carbocycles. The minimum atomic E-state index is 0.155. The lowest BCUT2D eigenvalue weighted by Gasteiger charge is -2.19. The van der Waals surface area contributed by atoms with Gasteiger partial charge in [-0.3, -0.25) is 4.79 Å². The van der Waals surface area contributed by atoms with Crippen LogP contribution < -0.4 is 5.73 Å². The molecular weight excluding hydrogens is 248 g/mol. The summed E-state index contributed by atoms with van der Waals surface area (Å²) in [5.74, 6) is 0.400. The molecule has 18 heavy (non-hydrogen) atoms. The van der Waals surface area contributed by atoms with E-state index in [1.165, 1.54) is 5.56 Å². The fraction of sp³-hybridized carbons (Fsp3) is 0.500. The van der Waals surface area contributed by atoms with Gasteiger partial charge in [0.05, 0.1) is 0 Å². The van der Waals surface area contributed by atoms with Gasteiger partial charge in [0, 0.05) is 25.0 Å². The number of carbonyl (C=O) groups is 1. The van der Waals surface area contributed by atoms with Crippen molar-refractivity contribution in [1.29, 1.82) is 0 Å². The molecule has 0 spiro atoms. The fourth-order valence-corrected chi connectivity index (χ4v) is 1.74. The van der Waals surface area contributed by atoms with Gasteiger partial charge >= 0.3 is 0 Å². The second kappa shape index (κ2) is 7.39. The summed E-state index contributed by atoms with van der Waals surface area (Å²) in [6.45, 7) is 3.26. The molecule has 2 N–H and O–H groups in total. The van der Waals surface area contributed by atoms with Gasteiger partial charge in [-0.1, -0.05) is 30.7 Å². The zero-order valence-corrected chi connectivity index (χ0v) is 11.8. The van der Waals surface area contributed by atoms with E-state index in [9.17, 15) is 4.79 Å². The van der Waals surface area contributed by atoms with Crippen LogP contribution in [0.15, 0.2) is 24.3 Å². The Kier molecular flexibility index (Phi) is 6.16. The molecule has 0 aromatic heterocycles. The number of likely N-dealkylation sites (N-methyl/N-ethyl adjacent to an activating group) is 1. The monoisotopic (exact) mass is 268 g/mol. The lowest BCUT2D eigenvalue weighted by Crippen LogP contribution is -2.31. The molecule has 0 saturated heterocycles. The highest BCUT2D eigenvalue weighted by atomic mass is 35.5. The predicted molar refractivity (Wildman–Crippen MR) is 75.6 cm³/mol. The Balaban J connectivity index is 2.38. The molecule has 1 unspecified atom stereocenters. The topological polar surface area (TPSA) is 46.3 Å². The SMILES string of the molecule is CC(CN)CC(=O)N(C)CCc1ccc(Cl)cc1. The zero-order valence-electron chi connectivity index (χ0n) is 11.0. The Morgan fingerprint density at radius 2 is 2.00 bits per heavy atom. The summed E-state index contributed by atoms with van der Waals surface area (Å²) in [6, 6.07) is 7.72. The Morgan fingerprint density at radius 1 is 1.39 bits per heavy atom. The van der Waals surface area contributed by atoms with E-state index in [4.69, 9.17) is 17.3 Å². The highest BCUT2D eigenvalue weighted by Gasteiger charge is 2.12. The number of hydrogen-bond donors (Lipinski definition) is 1. The lowest BCUT2D eigenvalue weighted by atomic mass is 10.1. The first-order valence-corrected chi connectivity index (χ1v) is 6.59. The highest BCUT2D eigenvalue weighted by molar-refractivity contribution is 6.30. The molecule has 0 aliphatic rings. The molecule has 1 aromatic carbocycles. The van der Waals surface area contributed by atoms with Gasteiger partial charge in [-0.2, -0.15) is 0 Å². The second-order valence-electron chi connectivity index (χ2n) is 4.74. The van der Waals surface area contributed by atoms with Crippen LogP contribution in [0.4, 0.5) is 0 Å². The summed E-state index contributed by atoms with van der Waals surface area (Å²) in [4.78, 5) is 13.6. The van der Waals surface area contributed by atoms with E-state index in [1.54, 1.807) is 4.90 Å². The molecule has 0 aliphatic heterocycles. The number of benzene rings is 1. The number of carbonyl (C=O) groups excluding carboxylic acids is 1. The van der Waals surface area contributed by atoms with Crippen molar-refractivity contribution >= 4 is 17.5 Å². The largest absolute Gasteiger partial charge is 0.345 e. The van der Waals surface area contributed by atoms with Crippen molar-refractivity contribution in [2.75, 3.05) is 20.1 Å². The molecule has 1 rings (SSSR count). The number of halogens is 1. The first-order valence-electron chi connectivity index (χ1n) is 6.21. The Bertz CT molecular complexity index is 378. The Hall–Kier alpha value is -1.06. The van der Waals surface area contributed by atoms with E-state index in [0.717, 1.165) is 18.0 Å². The number of nitrogens with two attached hydrogens (primary N) is 1. The summed E-state index contributed by atoms with van der Waals surface area (Å²) < 4.78 is 0. The summed E-state index contributed by atoms with van der Waals surface area (Å²) in [5.41, 5.74) is 6.70. The van der Waals surface area contributed by atoms with Crippen molar-refractivity contribution in [3.8, 4) is 0 Å². The van der Waals surface area contributed by atoms with E-state index < -0.39 is 0 Å². The Morgan fingerprint density at radius 3 is 2.56 bits per heavy atom. The summed E-state index contributed by atoms with van der Waals surface area (Å²) in [5, 5.41) is 0.736. The van der Waals surface area contributed by atoms with Gasteiger partial charge in [-0.15, -0.1) is 0 Å². The fourth-order valence-electron chi connectivity index (χ4n) is 1.61. The molecule has 0 bridgehead atoms. The van der Waals surface area contributed by atoms with E-state index in [0.29, 0.717) is 13.0 Å². The van der Waals surface area contributed by atoms with Crippen molar-refractivity contribution in [2.45, 2.75) is 19.8 Å². The molecule has 3 nitrogen and oxygen atoms in total. The van der Waals surface area contributed by atoms with Gasteiger partial charge in [0.2, 0.25) is 5.91 Å². The van der Waals surface area contributed by atoms with Crippen LogP contribution in [-0.2, 0) is 11.2 Å². The van der Waals surface area contributed by atoms with E-state index in [1.807, 2.05) is 38.2 Å². The first-order chi connectivity index (χ1) is 8.52. The number of nitrogens with zero attached hydrogens (tertiary/aromatic N) is 1. The van der Waals surface area contributed by atoms with Crippen LogP contribution in [-0.4, -0.2) is 30.9 Å². The normalized spacial score (nSPS) is 12.2. The smallest absolute Gasteiger partial charge is 0.222 e. The molecule has 0 saturated carbocycles. The van der Waals surface area contributed by atoms with E-state index >= 15 is 0 Å². The quantitative estimate of drug-likeness (QED) is 0.861. The van der Waals surface area contributed by atoms with Crippen LogP contribution >= 0.6 is 11.6 Å². The molecule has 1 atom stereocenters. The van der Waals surface area contributed by atoms with Crippen molar-refractivity contribution in [2.24, 2.45) is 11.7 Å². The van der Waals surface area contributed by atoms with Gasteiger partial charge in [0.1, 0.15) is 0 Å². The molecule has 0 fully saturated rings. The third-order valence-electron chi connectivity index (χ3n) is 3.00. The van der Waals surface area contributed by atoms with Gasteiger partial charge in [-0.05, 0) is 36.6 Å². The maximum Gasteiger partial charge on any atom is 0.222 e. The number of rotatable bonds is 6. The van der Waals surface area contributed by atoms with Gasteiger partial charge in [0.15, 0.2) is 0 Å². The van der Waals surface area contributed by atoms with Crippen molar-refractivity contribution in [1.82, 2.24) is 4.90 Å². The van der Waals surface area contributed by atoms with Gasteiger partial charge in [-0.25, -0.2) is 0 Å². The predicted octanol–water partition coefficient (Wildman–Crippen LogP) is 2.33. The average molecular weight is 269 g/mol. The zero-order chi connectivity index (χ0) is 13.5. The van der Waals surface area contributed by atoms with E-state index in [-0.39, 0.29) is 11.8 Å². The minimum absolute atomic E-state index is 0.155. The van der Waals surface area contributed by atoms with Crippen LogP contribution in [0.25, 0.3) is 0 Å². The minimum Gasteiger partial charge on any atom is -0.345 e. The third kappa shape index (κ3) is 5.07. The molecule has 0 heterocycles. The van der Waals surface area contributed by atoms with Gasteiger partial charge < -0.3 is 10.6 Å². The van der Waals surface area contributed by atoms with Crippen molar-refractivity contribution < 1.29 is 4.79 Å². The van der Waals surface area contributed by atoms with Gasteiger partial charge in [0.25, 0.3) is 0 Å². The third-order valence-corrected chi connectivity index (χ3v) is 3.25. The maximum atomic E-state index is 11.8.